The Kier molecular flexibility index (Phi) is 5.12. The fourth-order valence-electron chi connectivity index (χ4n) is 2.48. The Hall–Kier alpha value is -1.42. The molecule has 1 N–H and O–H groups in total. The third-order valence-corrected chi connectivity index (χ3v) is 4.04. The van der Waals surface area contributed by atoms with E-state index in [1.165, 1.54) is 0 Å². The van der Waals surface area contributed by atoms with Crippen LogP contribution >= 0.6 is 11.6 Å². The summed E-state index contributed by atoms with van der Waals surface area (Å²) >= 11 is 6.07. The zero-order valence-corrected chi connectivity index (χ0v) is 12.6. The molecule has 1 aliphatic rings. The lowest BCUT2D eigenvalue weighted by atomic mass is 10.1. The Labute approximate surface area is 124 Å². The number of alkyl halides is 1. The van der Waals surface area contributed by atoms with Gasteiger partial charge < -0.3 is 14.8 Å². The number of benzene rings is 1. The molecule has 1 saturated carbocycles. The van der Waals surface area contributed by atoms with Crippen molar-refractivity contribution in [1.82, 2.24) is 5.32 Å². The first-order valence-corrected chi connectivity index (χ1v) is 7.21. The molecule has 0 heterocycles. The third kappa shape index (κ3) is 3.79. The molecule has 0 aliphatic heterocycles. The van der Waals surface area contributed by atoms with Gasteiger partial charge in [0, 0.05) is 23.6 Å². The maximum atomic E-state index is 12.2. The molecule has 2 unspecified atom stereocenters. The van der Waals surface area contributed by atoms with Crippen LogP contribution in [0.3, 0.4) is 0 Å². The summed E-state index contributed by atoms with van der Waals surface area (Å²) in [6.45, 7) is 0.668. The van der Waals surface area contributed by atoms with E-state index in [-0.39, 0.29) is 11.3 Å². The molecule has 1 fully saturated rings. The van der Waals surface area contributed by atoms with Gasteiger partial charge in [-0.1, -0.05) is 0 Å². The number of hydrogen-bond acceptors (Lipinski definition) is 3. The molecule has 0 saturated heterocycles. The number of nitrogens with one attached hydrogen (secondary N) is 1. The van der Waals surface area contributed by atoms with Gasteiger partial charge in [0.2, 0.25) is 0 Å². The van der Waals surface area contributed by atoms with Gasteiger partial charge in [0.05, 0.1) is 14.2 Å². The Balaban J connectivity index is 1.97. The van der Waals surface area contributed by atoms with Crippen LogP contribution < -0.4 is 14.8 Å². The first-order valence-electron chi connectivity index (χ1n) is 6.77. The van der Waals surface area contributed by atoms with E-state index in [2.05, 4.69) is 5.32 Å². The number of amides is 1. The quantitative estimate of drug-likeness (QED) is 0.850. The zero-order chi connectivity index (χ0) is 14.5. The molecule has 0 radical (unpaired) electrons. The van der Waals surface area contributed by atoms with Gasteiger partial charge in [0.15, 0.2) is 0 Å². The minimum absolute atomic E-state index is 0.111. The van der Waals surface area contributed by atoms with Gasteiger partial charge in [-0.3, -0.25) is 4.79 Å². The average molecular weight is 298 g/mol. The van der Waals surface area contributed by atoms with Crippen molar-refractivity contribution in [2.24, 2.45) is 5.92 Å². The van der Waals surface area contributed by atoms with Gasteiger partial charge >= 0.3 is 0 Å². The van der Waals surface area contributed by atoms with Crippen LogP contribution in [0.5, 0.6) is 11.5 Å². The number of rotatable bonds is 5. The number of carbonyl (C=O) groups excluding carboxylic acids is 1. The normalized spacial score (nSPS) is 21.6. The molecule has 1 aromatic rings. The molecule has 20 heavy (non-hydrogen) atoms. The van der Waals surface area contributed by atoms with Gasteiger partial charge in [-0.2, -0.15) is 0 Å². The summed E-state index contributed by atoms with van der Waals surface area (Å²) < 4.78 is 10.3. The second-order valence-corrected chi connectivity index (χ2v) is 5.70. The number of hydrogen-bond donors (Lipinski definition) is 1. The summed E-state index contributed by atoms with van der Waals surface area (Å²) in [6.07, 6.45) is 3.09. The predicted molar refractivity (Wildman–Crippen MR) is 78.9 cm³/mol. The van der Waals surface area contributed by atoms with Gasteiger partial charge in [-0.05, 0) is 37.3 Å². The lowest BCUT2D eigenvalue weighted by Crippen LogP contribution is -2.28. The predicted octanol–water partition coefficient (Wildman–Crippen LogP) is 2.84. The van der Waals surface area contributed by atoms with Crippen molar-refractivity contribution in [3.05, 3.63) is 23.8 Å². The Morgan fingerprint density at radius 1 is 1.25 bits per heavy atom. The van der Waals surface area contributed by atoms with Crippen LogP contribution in [0.15, 0.2) is 18.2 Å². The van der Waals surface area contributed by atoms with Crippen LogP contribution in [0.2, 0.25) is 0 Å². The van der Waals surface area contributed by atoms with Crippen molar-refractivity contribution in [2.75, 3.05) is 20.8 Å². The minimum Gasteiger partial charge on any atom is -0.497 e. The monoisotopic (exact) mass is 297 g/mol. The third-order valence-electron chi connectivity index (χ3n) is 3.64. The molecular weight excluding hydrogens is 278 g/mol. The van der Waals surface area contributed by atoms with Crippen molar-refractivity contribution in [1.29, 1.82) is 0 Å². The van der Waals surface area contributed by atoms with E-state index in [0.717, 1.165) is 19.3 Å². The second kappa shape index (κ2) is 6.84. The zero-order valence-electron chi connectivity index (χ0n) is 11.8. The van der Waals surface area contributed by atoms with Gasteiger partial charge in [-0.25, -0.2) is 0 Å². The summed E-state index contributed by atoms with van der Waals surface area (Å²) in [5.74, 6) is 1.58. The standard InChI is InChI=1S/C15H20ClNO3/c1-19-13-6-11(7-14(8-13)20-2)15(18)17-9-10-3-4-12(16)5-10/h6-8,10,12H,3-5,9H2,1-2H3,(H,17,18). The molecule has 5 heteroatoms. The van der Waals surface area contributed by atoms with E-state index in [1.807, 2.05) is 0 Å². The smallest absolute Gasteiger partial charge is 0.251 e. The number of ether oxygens (including phenoxy) is 2. The lowest BCUT2D eigenvalue weighted by Gasteiger charge is -2.12. The van der Waals surface area contributed by atoms with Gasteiger partial charge in [-0.15, -0.1) is 11.6 Å². The Morgan fingerprint density at radius 2 is 1.90 bits per heavy atom. The highest BCUT2D eigenvalue weighted by molar-refractivity contribution is 6.20. The van der Waals surface area contributed by atoms with Crippen molar-refractivity contribution in [3.8, 4) is 11.5 Å². The number of methoxy groups -OCH3 is 2. The number of halogens is 1. The highest BCUT2D eigenvalue weighted by Crippen LogP contribution is 2.29. The van der Waals surface area contributed by atoms with E-state index in [9.17, 15) is 4.79 Å². The minimum atomic E-state index is -0.111. The molecule has 1 amide bonds. The molecule has 0 spiro atoms. The largest absolute Gasteiger partial charge is 0.497 e. The van der Waals surface area contributed by atoms with Crippen LogP contribution in [0.4, 0.5) is 0 Å². The lowest BCUT2D eigenvalue weighted by molar-refractivity contribution is 0.0946. The SMILES string of the molecule is COc1cc(OC)cc(C(=O)NCC2CCC(Cl)C2)c1. The topological polar surface area (TPSA) is 47.6 Å². The van der Waals surface area contributed by atoms with Crippen LogP contribution in [0.1, 0.15) is 29.6 Å². The maximum Gasteiger partial charge on any atom is 0.251 e. The Bertz CT molecular complexity index is 456. The van der Waals surface area contributed by atoms with Crippen molar-refractivity contribution < 1.29 is 14.3 Å². The van der Waals surface area contributed by atoms with Crippen LogP contribution in [-0.4, -0.2) is 32.0 Å². The molecule has 110 valence electrons. The van der Waals surface area contributed by atoms with Gasteiger partial charge in [0.1, 0.15) is 11.5 Å². The summed E-state index contributed by atoms with van der Waals surface area (Å²) in [5.41, 5.74) is 0.543. The maximum absolute atomic E-state index is 12.2. The molecule has 4 nitrogen and oxygen atoms in total. The second-order valence-electron chi connectivity index (χ2n) is 5.09. The van der Waals surface area contributed by atoms with Crippen molar-refractivity contribution >= 4 is 17.5 Å². The van der Waals surface area contributed by atoms with Crippen LogP contribution in [-0.2, 0) is 0 Å². The highest BCUT2D eigenvalue weighted by Gasteiger charge is 2.23. The van der Waals surface area contributed by atoms with Gasteiger partial charge in [0.25, 0.3) is 5.91 Å². The first kappa shape index (κ1) is 15.0. The summed E-state index contributed by atoms with van der Waals surface area (Å²) in [7, 11) is 3.13. The average Bonchev–Trinajstić information content (AvgIpc) is 2.89. The fraction of sp³-hybridized carbons (Fsp3) is 0.533. The van der Waals surface area contributed by atoms with E-state index < -0.39 is 0 Å². The highest BCUT2D eigenvalue weighted by atomic mass is 35.5. The van der Waals surface area contributed by atoms with E-state index in [0.29, 0.717) is 29.5 Å². The van der Waals surface area contributed by atoms with Crippen LogP contribution in [0, 0.1) is 5.92 Å². The molecule has 0 bridgehead atoms. The van der Waals surface area contributed by atoms with Crippen LogP contribution in [0.25, 0.3) is 0 Å². The van der Waals surface area contributed by atoms with Crippen molar-refractivity contribution in [3.63, 3.8) is 0 Å². The van der Waals surface area contributed by atoms with Crippen molar-refractivity contribution in [2.45, 2.75) is 24.6 Å². The first-order chi connectivity index (χ1) is 9.62. The van der Waals surface area contributed by atoms with E-state index >= 15 is 0 Å². The molecule has 2 rings (SSSR count). The molecular formula is C15H20ClNO3. The Morgan fingerprint density at radius 3 is 2.40 bits per heavy atom. The molecule has 1 aromatic carbocycles. The summed E-state index contributed by atoms with van der Waals surface area (Å²) in [5, 5.41) is 3.21. The van der Waals surface area contributed by atoms with E-state index in [1.54, 1.807) is 32.4 Å². The summed E-state index contributed by atoms with van der Waals surface area (Å²) in [4.78, 5) is 12.2. The number of carbonyl (C=O) groups is 1. The molecule has 0 aromatic heterocycles. The fourth-order valence-corrected chi connectivity index (χ4v) is 2.85. The summed E-state index contributed by atoms with van der Waals surface area (Å²) in [6, 6.07) is 5.15. The molecule has 1 aliphatic carbocycles. The van der Waals surface area contributed by atoms with E-state index in [4.69, 9.17) is 21.1 Å². The molecule has 2 atom stereocenters.